The molecule has 0 bridgehead atoms. The van der Waals surface area contributed by atoms with Crippen LogP contribution in [0, 0.1) is 6.92 Å². The second-order valence-corrected chi connectivity index (χ2v) is 9.30. The smallest absolute Gasteiger partial charge is 0.268 e. The van der Waals surface area contributed by atoms with Crippen LogP contribution in [0.25, 0.3) is 0 Å². The third kappa shape index (κ3) is 4.27. The molecule has 1 amide bonds. The quantitative estimate of drug-likeness (QED) is 0.621. The summed E-state index contributed by atoms with van der Waals surface area (Å²) in [5.41, 5.74) is 2.09. The molecule has 8 heteroatoms. The van der Waals surface area contributed by atoms with Crippen LogP contribution in [0.4, 0.5) is 5.69 Å². The highest BCUT2D eigenvalue weighted by Gasteiger charge is 2.38. The van der Waals surface area contributed by atoms with Crippen LogP contribution in [0.5, 0.6) is 11.5 Å². The van der Waals surface area contributed by atoms with Gasteiger partial charge in [0.25, 0.3) is 15.9 Å². The highest BCUT2D eigenvalue weighted by molar-refractivity contribution is 7.93. The molecule has 0 unspecified atom stereocenters. The van der Waals surface area contributed by atoms with Crippen molar-refractivity contribution in [3.63, 3.8) is 0 Å². The summed E-state index contributed by atoms with van der Waals surface area (Å²) in [6, 6.07) is 21.2. The first-order chi connectivity index (χ1) is 15.4. The lowest BCUT2D eigenvalue weighted by atomic mass is 10.2. The first kappa shape index (κ1) is 21.7. The van der Waals surface area contributed by atoms with Gasteiger partial charge in [-0.3, -0.25) is 9.10 Å². The summed E-state index contributed by atoms with van der Waals surface area (Å²) in [5, 5.41) is 2.83. The monoisotopic (exact) mass is 452 g/mol. The third-order valence-corrected chi connectivity index (χ3v) is 7.02. The molecule has 7 nitrogen and oxygen atoms in total. The van der Waals surface area contributed by atoms with E-state index in [1.807, 2.05) is 37.3 Å². The molecule has 0 aromatic heterocycles. The van der Waals surface area contributed by atoms with Gasteiger partial charge in [0.05, 0.1) is 19.3 Å². The van der Waals surface area contributed by atoms with Gasteiger partial charge < -0.3 is 14.8 Å². The molecule has 166 valence electrons. The normalized spacial score (nSPS) is 15.4. The molecule has 3 aromatic carbocycles. The van der Waals surface area contributed by atoms with Gasteiger partial charge >= 0.3 is 0 Å². The van der Waals surface area contributed by atoms with E-state index in [1.165, 1.54) is 11.4 Å². The Morgan fingerprint density at radius 3 is 2.56 bits per heavy atom. The number of methoxy groups -OCH3 is 1. The summed E-state index contributed by atoms with van der Waals surface area (Å²) >= 11 is 0. The molecule has 0 fully saturated rings. The fourth-order valence-electron chi connectivity index (χ4n) is 3.57. The average molecular weight is 453 g/mol. The second kappa shape index (κ2) is 8.92. The number of amides is 1. The number of rotatable bonds is 6. The number of hydrogen-bond donors (Lipinski definition) is 1. The van der Waals surface area contributed by atoms with E-state index in [0.29, 0.717) is 18.0 Å². The minimum Gasteiger partial charge on any atom is -0.495 e. The number of anilines is 1. The molecular formula is C24H24N2O5S. The van der Waals surface area contributed by atoms with Gasteiger partial charge in [-0.05, 0) is 42.3 Å². The fraction of sp³-hybridized carbons (Fsp3) is 0.208. The minimum atomic E-state index is -4.03. The number of carbonyl (C=O) groups is 1. The Morgan fingerprint density at radius 1 is 1.09 bits per heavy atom. The standard InChI is InChI=1S/C24H24N2O5S/c1-17-12-13-21(30-2)23(14-17)32(28,29)26-16-22(31-20-11-7-6-10-19(20)26)24(27)25-15-18-8-4-3-5-9-18/h3-14,22H,15-16H2,1-2H3,(H,25,27)/t22-/m1/s1. The number of benzene rings is 3. The van der Waals surface area contributed by atoms with Crippen molar-refractivity contribution in [3.8, 4) is 11.5 Å². The van der Waals surface area contributed by atoms with Crippen LogP contribution in [0.1, 0.15) is 11.1 Å². The Balaban J connectivity index is 1.66. The summed E-state index contributed by atoms with van der Waals surface area (Å²) in [4.78, 5) is 12.9. The van der Waals surface area contributed by atoms with Gasteiger partial charge in [0.2, 0.25) is 0 Å². The molecule has 0 aliphatic carbocycles. The molecule has 0 saturated heterocycles. The maximum atomic E-state index is 13.7. The maximum absolute atomic E-state index is 13.7. The summed E-state index contributed by atoms with van der Waals surface area (Å²) in [6.45, 7) is 1.97. The number of nitrogens with zero attached hydrogens (tertiary/aromatic N) is 1. The number of fused-ring (bicyclic) bond motifs is 1. The Bertz CT molecular complexity index is 1230. The maximum Gasteiger partial charge on any atom is 0.268 e. The average Bonchev–Trinajstić information content (AvgIpc) is 2.82. The molecule has 1 heterocycles. The molecule has 4 rings (SSSR count). The van der Waals surface area contributed by atoms with Crippen LogP contribution >= 0.6 is 0 Å². The fourth-order valence-corrected chi connectivity index (χ4v) is 5.29. The van der Waals surface area contributed by atoms with E-state index in [1.54, 1.807) is 42.5 Å². The van der Waals surface area contributed by atoms with Crippen molar-refractivity contribution in [2.24, 2.45) is 0 Å². The van der Waals surface area contributed by atoms with Gasteiger partial charge in [0, 0.05) is 6.54 Å². The van der Waals surface area contributed by atoms with Crippen LogP contribution in [-0.4, -0.2) is 34.1 Å². The van der Waals surface area contributed by atoms with Crippen molar-refractivity contribution in [2.45, 2.75) is 24.5 Å². The van der Waals surface area contributed by atoms with E-state index in [2.05, 4.69) is 5.32 Å². The number of aryl methyl sites for hydroxylation is 1. The number of para-hydroxylation sites is 2. The highest BCUT2D eigenvalue weighted by atomic mass is 32.2. The molecular weight excluding hydrogens is 428 g/mol. The van der Waals surface area contributed by atoms with Gasteiger partial charge in [-0.25, -0.2) is 8.42 Å². The molecule has 1 N–H and O–H groups in total. The molecule has 3 aromatic rings. The van der Waals surface area contributed by atoms with E-state index >= 15 is 0 Å². The van der Waals surface area contributed by atoms with Gasteiger partial charge in [-0.15, -0.1) is 0 Å². The number of ether oxygens (including phenoxy) is 2. The summed E-state index contributed by atoms with van der Waals surface area (Å²) < 4.78 is 39.8. The lowest BCUT2D eigenvalue weighted by Gasteiger charge is -2.35. The van der Waals surface area contributed by atoms with Crippen molar-refractivity contribution in [3.05, 3.63) is 83.9 Å². The Hall–Kier alpha value is -3.52. The zero-order valence-electron chi connectivity index (χ0n) is 17.8. The van der Waals surface area contributed by atoms with Crippen LogP contribution in [-0.2, 0) is 21.4 Å². The van der Waals surface area contributed by atoms with Gasteiger partial charge in [0.15, 0.2) is 6.10 Å². The van der Waals surface area contributed by atoms with E-state index in [0.717, 1.165) is 11.1 Å². The van der Waals surface area contributed by atoms with Crippen molar-refractivity contribution < 1.29 is 22.7 Å². The first-order valence-corrected chi connectivity index (χ1v) is 11.6. The van der Waals surface area contributed by atoms with Crippen molar-refractivity contribution >= 4 is 21.6 Å². The Morgan fingerprint density at radius 2 is 1.81 bits per heavy atom. The first-order valence-electron chi connectivity index (χ1n) is 10.1. The highest BCUT2D eigenvalue weighted by Crippen LogP contribution is 2.38. The van der Waals surface area contributed by atoms with E-state index in [9.17, 15) is 13.2 Å². The van der Waals surface area contributed by atoms with Crippen molar-refractivity contribution in [1.29, 1.82) is 0 Å². The summed E-state index contributed by atoms with van der Waals surface area (Å²) in [6.07, 6.45) is -1.00. The molecule has 0 radical (unpaired) electrons. The predicted octanol–water partition coefficient (Wildman–Crippen LogP) is 3.28. The Labute approximate surface area is 187 Å². The minimum absolute atomic E-state index is 0.0418. The Kier molecular flexibility index (Phi) is 6.05. The van der Waals surface area contributed by atoms with E-state index < -0.39 is 16.1 Å². The third-order valence-electron chi connectivity index (χ3n) is 5.22. The van der Waals surface area contributed by atoms with E-state index in [4.69, 9.17) is 9.47 Å². The second-order valence-electron chi connectivity index (χ2n) is 7.47. The largest absolute Gasteiger partial charge is 0.495 e. The molecule has 32 heavy (non-hydrogen) atoms. The van der Waals surface area contributed by atoms with Gasteiger partial charge in [-0.2, -0.15) is 0 Å². The lowest BCUT2D eigenvalue weighted by Crippen LogP contribution is -2.50. The van der Waals surface area contributed by atoms with Crippen molar-refractivity contribution in [2.75, 3.05) is 18.0 Å². The van der Waals surface area contributed by atoms with Crippen molar-refractivity contribution in [1.82, 2.24) is 5.32 Å². The van der Waals surface area contributed by atoms with Crippen LogP contribution in [0.15, 0.2) is 77.7 Å². The topological polar surface area (TPSA) is 84.9 Å². The van der Waals surface area contributed by atoms with E-state index in [-0.39, 0.29) is 23.1 Å². The number of nitrogens with one attached hydrogen (secondary N) is 1. The molecule has 0 spiro atoms. The number of hydrogen-bond acceptors (Lipinski definition) is 5. The number of sulfonamides is 1. The zero-order chi connectivity index (χ0) is 22.7. The summed E-state index contributed by atoms with van der Waals surface area (Å²) in [7, 11) is -2.60. The SMILES string of the molecule is COc1ccc(C)cc1S(=O)(=O)N1C[C@H](C(=O)NCc2ccccc2)Oc2ccccc21. The number of carbonyl (C=O) groups excluding carboxylic acids is 1. The predicted molar refractivity (Wildman–Crippen MR) is 121 cm³/mol. The zero-order valence-corrected chi connectivity index (χ0v) is 18.6. The van der Waals surface area contributed by atoms with Gasteiger partial charge in [-0.1, -0.05) is 48.5 Å². The van der Waals surface area contributed by atoms with Crippen LogP contribution < -0.4 is 19.1 Å². The lowest BCUT2D eigenvalue weighted by molar-refractivity contribution is -0.127. The van der Waals surface area contributed by atoms with Gasteiger partial charge in [0.1, 0.15) is 16.4 Å². The molecule has 1 atom stereocenters. The molecule has 1 aliphatic rings. The summed E-state index contributed by atoms with van der Waals surface area (Å²) in [5.74, 6) is 0.179. The molecule has 1 aliphatic heterocycles. The molecule has 0 saturated carbocycles. The van der Waals surface area contributed by atoms with Crippen LogP contribution in [0.3, 0.4) is 0 Å². The van der Waals surface area contributed by atoms with Crippen LogP contribution in [0.2, 0.25) is 0 Å².